The number of fused-ring (bicyclic) bond motifs is 1. The summed E-state index contributed by atoms with van der Waals surface area (Å²) in [7, 11) is 1.62. The van der Waals surface area contributed by atoms with Crippen molar-refractivity contribution in [2.45, 2.75) is 31.4 Å². The van der Waals surface area contributed by atoms with Gasteiger partial charge in [0.15, 0.2) is 6.54 Å². The van der Waals surface area contributed by atoms with Crippen molar-refractivity contribution >= 4 is 11.4 Å². The van der Waals surface area contributed by atoms with E-state index in [0.717, 1.165) is 54.9 Å². The second kappa shape index (κ2) is 8.51. The van der Waals surface area contributed by atoms with Gasteiger partial charge in [0.05, 0.1) is 25.0 Å². The molecule has 1 fully saturated rings. The van der Waals surface area contributed by atoms with Crippen molar-refractivity contribution in [1.29, 1.82) is 0 Å². The molecule has 2 heterocycles. The molecule has 0 saturated carbocycles. The van der Waals surface area contributed by atoms with Crippen LogP contribution in [0.25, 0.3) is 0 Å². The molecule has 1 saturated heterocycles. The Labute approximate surface area is 180 Å². The van der Waals surface area contributed by atoms with Crippen LogP contribution >= 0.6 is 0 Å². The van der Waals surface area contributed by atoms with Gasteiger partial charge in [0.25, 0.3) is 5.69 Å². The van der Waals surface area contributed by atoms with Crippen LogP contribution in [0.1, 0.15) is 36.8 Å². The summed E-state index contributed by atoms with van der Waals surface area (Å²) < 4.78 is 7.41. The first-order valence-electron chi connectivity index (χ1n) is 9.55. The maximum absolute atomic E-state index is 11.7. The zero-order valence-electron chi connectivity index (χ0n) is 16.3. The van der Waals surface area contributed by atoms with Crippen molar-refractivity contribution in [3.63, 3.8) is 0 Å². The number of hydrazine groups is 1. The molecule has 0 amide bonds. The number of nitro groups is 1. The van der Waals surface area contributed by atoms with E-state index < -0.39 is 10.6 Å². The minimum absolute atomic E-state index is 0. The van der Waals surface area contributed by atoms with Gasteiger partial charge in [-0.1, -0.05) is 12.1 Å². The zero-order valence-corrected chi connectivity index (χ0v) is 17.8. The van der Waals surface area contributed by atoms with E-state index in [2.05, 4.69) is 9.69 Å². The number of methoxy groups -OCH3 is 1. The lowest BCUT2D eigenvalue weighted by Gasteiger charge is -2.30. The van der Waals surface area contributed by atoms with Gasteiger partial charge in [0, 0.05) is 29.7 Å². The topological polar surface area (TPSA) is 78.8 Å². The smallest absolute Gasteiger partial charge is 0.269 e. The van der Waals surface area contributed by atoms with Gasteiger partial charge in [0.2, 0.25) is 11.4 Å². The van der Waals surface area contributed by atoms with Gasteiger partial charge in [-0.05, 0) is 37.1 Å². The summed E-state index contributed by atoms with van der Waals surface area (Å²) in [4.78, 5) is 10.6. The van der Waals surface area contributed by atoms with Crippen molar-refractivity contribution < 1.29 is 36.4 Å². The van der Waals surface area contributed by atoms with Crippen LogP contribution in [0.2, 0.25) is 0 Å². The summed E-state index contributed by atoms with van der Waals surface area (Å²) in [5.74, 6) is 0.748. The molecule has 154 valence electrons. The Hall–Kier alpha value is -2.45. The van der Waals surface area contributed by atoms with Gasteiger partial charge in [-0.15, -0.1) is 9.69 Å². The molecule has 0 aromatic heterocycles. The van der Waals surface area contributed by atoms with Crippen LogP contribution in [0.5, 0.6) is 5.75 Å². The Morgan fingerprint density at radius 2 is 1.79 bits per heavy atom. The number of non-ortho nitro benzene ring substituents is 1. The summed E-state index contributed by atoms with van der Waals surface area (Å²) in [5.41, 5.74) is 1.64. The molecular weight excluding hydrogens is 438 g/mol. The average Bonchev–Trinajstić information content (AvgIpc) is 2.87. The lowest BCUT2D eigenvalue weighted by Crippen LogP contribution is -3.00. The summed E-state index contributed by atoms with van der Waals surface area (Å²) in [6, 6.07) is 14.1. The Kier molecular flexibility index (Phi) is 6.24. The third-order valence-corrected chi connectivity index (χ3v) is 5.65. The van der Waals surface area contributed by atoms with Gasteiger partial charge in [-0.3, -0.25) is 10.1 Å². The van der Waals surface area contributed by atoms with Crippen molar-refractivity contribution in [1.82, 2.24) is 5.01 Å². The predicted molar refractivity (Wildman–Crippen MR) is 104 cm³/mol. The molecule has 1 N–H and O–H groups in total. The first kappa shape index (κ1) is 21.3. The Balaban J connectivity index is 0.00000240. The van der Waals surface area contributed by atoms with E-state index in [1.807, 2.05) is 24.3 Å². The van der Waals surface area contributed by atoms with E-state index in [1.54, 1.807) is 19.2 Å². The minimum Gasteiger partial charge on any atom is -1.00 e. The van der Waals surface area contributed by atoms with Gasteiger partial charge in [-0.2, -0.15) is 0 Å². The number of benzene rings is 2. The Bertz CT molecular complexity index is 915. The highest BCUT2D eigenvalue weighted by Crippen LogP contribution is 2.38. The van der Waals surface area contributed by atoms with E-state index in [9.17, 15) is 15.2 Å². The van der Waals surface area contributed by atoms with Gasteiger partial charge >= 0.3 is 0 Å². The predicted octanol–water partition coefficient (Wildman–Crippen LogP) is 0.0589. The van der Waals surface area contributed by atoms with Crippen LogP contribution in [0.3, 0.4) is 0 Å². The molecule has 2 aliphatic rings. The van der Waals surface area contributed by atoms with Crippen molar-refractivity contribution in [3.8, 4) is 5.75 Å². The molecule has 7 nitrogen and oxygen atoms in total. The van der Waals surface area contributed by atoms with Crippen LogP contribution in [-0.4, -0.2) is 45.6 Å². The van der Waals surface area contributed by atoms with Crippen molar-refractivity contribution in [3.05, 3.63) is 69.8 Å². The lowest BCUT2D eigenvalue weighted by atomic mass is 9.94. The standard InChI is InChI=1S/C21H24N3O4.BrH/c1-28-19-11-7-17(8-12-19)21(25)15-20(22-13-3-2-4-14-23(21)22)16-5-9-18(10-6-16)24(26)27;/h5-12,25H,2-4,13-15H2,1H3;1H/q+1;/p-1. The molecule has 0 radical (unpaired) electrons. The molecule has 0 aliphatic carbocycles. The number of rotatable bonds is 4. The highest BCUT2D eigenvalue weighted by Gasteiger charge is 2.52. The molecular formula is C21H24BrN3O4. The van der Waals surface area contributed by atoms with E-state index in [-0.39, 0.29) is 22.7 Å². The number of nitro benzene ring substituents is 1. The third-order valence-electron chi connectivity index (χ3n) is 5.65. The summed E-state index contributed by atoms with van der Waals surface area (Å²) >= 11 is 0. The second-order valence-electron chi connectivity index (χ2n) is 7.28. The highest BCUT2D eigenvalue weighted by atomic mass is 79.9. The van der Waals surface area contributed by atoms with E-state index in [0.29, 0.717) is 6.42 Å². The molecule has 8 heteroatoms. The molecule has 0 spiro atoms. The molecule has 1 unspecified atom stereocenters. The van der Waals surface area contributed by atoms with Gasteiger partial charge in [0.1, 0.15) is 5.75 Å². The molecule has 4 rings (SSSR count). The van der Waals surface area contributed by atoms with Crippen LogP contribution < -0.4 is 21.7 Å². The quantitative estimate of drug-likeness (QED) is 0.395. The Morgan fingerprint density at radius 1 is 1.10 bits per heavy atom. The van der Waals surface area contributed by atoms with Crippen LogP contribution in [0.15, 0.2) is 48.5 Å². The fourth-order valence-corrected chi connectivity index (χ4v) is 4.16. The highest BCUT2D eigenvalue weighted by molar-refractivity contribution is 5.98. The molecule has 2 aromatic carbocycles. The molecule has 2 aromatic rings. The fraction of sp³-hybridized carbons (Fsp3) is 0.381. The summed E-state index contributed by atoms with van der Waals surface area (Å²) in [5, 5.41) is 24.8. The maximum atomic E-state index is 11.7. The summed E-state index contributed by atoms with van der Waals surface area (Å²) in [6.07, 6.45) is 3.60. The number of nitrogens with zero attached hydrogens (tertiary/aromatic N) is 3. The first-order chi connectivity index (χ1) is 13.5. The van der Waals surface area contributed by atoms with E-state index in [1.165, 1.54) is 12.1 Å². The molecule has 2 aliphatic heterocycles. The third kappa shape index (κ3) is 3.86. The second-order valence-corrected chi connectivity index (χ2v) is 7.28. The molecule has 0 bridgehead atoms. The van der Waals surface area contributed by atoms with Crippen LogP contribution in [-0.2, 0) is 5.72 Å². The number of hydrogen-bond donors (Lipinski definition) is 1. The number of halogens is 1. The van der Waals surface area contributed by atoms with Gasteiger partial charge in [-0.25, -0.2) is 0 Å². The monoisotopic (exact) mass is 461 g/mol. The molecule has 29 heavy (non-hydrogen) atoms. The van der Waals surface area contributed by atoms with Crippen molar-refractivity contribution in [2.24, 2.45) is 0 Å². The lowest BCUT2D eigenvalue weighted by molar-refractivity contribution is -0.706. The summed E-state index contributed by atoms with van der Waals surface area (Å²) in [6.45, 7) is 1.59. The SMILES string of the molecule is COc1ccc(C2(O)CC(c3ccc([N+](=O)[O-])cc3)=[N+]3CCCCCN32)cc1.[Br-]. The molecule has 1 atom stereocenters. The minimum atomic E-state index is -1.15. The Morgan fingerprint density at radius 3 is 2.41 bits per heavy atom. The maximum Gasteiger partial charge on any atom is 0.269 e. The normalized spacial score (nSPS) is 21.2. The van der Waals surface area contributed by atoms with Crippen molar-refractivity contribution in [2.75, 3.05) is 20.2 Å². The van der Waals surface area contributed by atoms with E-state index >= 15 is 0 Å². The number of hydrogen-bond acceptors (Lipinski definition) is 5. The van der Waals surface area contributed by atoms with E-state index in [4.69, 9.17) is 4.74 Å². The largest absolute Gasteiger partial charge is 1.00 e. The van der Waals surface area contributed by atoms with Crippen LogP contribution in [0, 0.1) is 10.1 Å². The van der Waals surface area contributed by atoms with Gasteiger partial charge < -0.3 is 26.8 Å². The first-order valence-corrected chi connectivity index (χ1v) is 9.55. The number of aliphatic hydroxyl groups is 1. The fourth-order valence-electron chi connectivity index (χ4n) is 4.16. The zero-order chi connectivity index (χ0) is 19.7. The van der Waals surface area contributed by atoms with Crippen LogP contribution in [0.4, 0.5) is 5.69 Å². The average molecular weight is 462 g/mol. The number of hydrazone groups is 1. The number of ether oxygens (including phenoxy) is 1.